The van der Waals surface area contributed by atoms with E-state index in [0.29, 0.717) is 6.04 Å². The van der Waals surface area contributed by atoms with Crippen LogP contribution >= 0.6 is 11.3 Å². The van der Waals surface area contributed by atoms with Crippen LogP contribution < -0.4 is 5.32 Å². The zero-order valence-electron chi connectivity index (χ0n) is 11.5. The molecular weight excluding hydrogens is 246 g/mol. The lowest BCUT2D eigenvalue weighted by molar-refractivity contribution is -0.0704. The largest absolute Gasteiger partial charge is 0.373 e. The summed E-state index contributed by atoms with van der Waals surface area (Å²) < 4.78 is 5.93. The molecule has 2 atom stereocenters. The van der Waals surface area contributed by atoms with Crippen molar-refractivity contribution in [3.8, 4) is 0 Å². The van der Waals surface area contributed by atoms with Crippen molar-refractivity contribution in [3.63, 3.8) is 0 Å². The summed E-state index contributed by atoms with van der Waals surface area (Å²) in [6.07, 6.45) is 1.38. The Bertz CT molecular complexity index is 351. The maximum Gasteiger partial charge on any atom is 0.113 e. The van der Waals surface area contributed by atoms with Crippen molar-refractivity contribution in [2.24, 2.45) is 0 Å². The van der Waals surface area contributed by atoms with Gasteiger partial charge in [-0.2, -0.15) is 0 Å². The monoisotopic (exact) mass is 269 g/mol. The average Bonchev–Trinajstić information content (AvgIpc) is 2.77. The second-order valence-corrected chi connectivity index (χ2v) is 5.66. The van der Waals surface area contributed by atoms with Gasteiger partial charge in [-0.3, -0.25) is 4.90 Å². The summed E-state index contributed by atoms with van der Waals surface area (Å²) in [6.45, 7) is 8.12. The molecule has 2 heterocycles. The third-order valence-corrected chi connectivity index (χ3v) is 4.30. The van der Waals surface area contributed by atoms with E-state index in [1.165, 1.54) is 11.4 Å². The molecule has 2 rings (SSSR count). The lowest BCUT2D eigenvalue weighted by Gasteiger charge is -2.40. The fourth-order valence-electron chi connectivity index (χ4n) is 2.52. The van der Waals surface area contributed by atoms with Crippen LogP contribution in [0.5, 0.6) is 0 Å². The molecule has 0 aliphatic carbocycles. The van der Waals surface area contributed by atoms with Gasteiger partial charge in [-0.05, 0) is 26.9 Å². The average molecular weight is 269 g/mol. The molecular formula is C13H23N3OS. The van der Waals surface area contributed by atoms with Crippen molar-refractivity contribution in [2.75, 3.05) is 33.3 Å². The number of ether oxygens (including phenoxy) is 1. The van der Waals surface area contributed by atoms with E-state index in [9.17, 15) is 0 Å². The van der Waals surface area contributed by atoms with Crippen molar-refractivity contribution in [1.29, 1.82) is 0 Å². The van der Waals surface area contributed by atoms with Crippen LogP contribution in [0, 0.1) is 6.92 Å². The third kappa shape index (κ3) is 3.09. The molecule has 1 saturated heterocycles. The fourth-order valence-corrected chi connectivity index (χ4v) is 3.50. The van der Waals surface area contributed by atoms with Crippen LogP contribution in [0.2, 0.25) is 0 Å². The number of hydrogen-bond donors (Lipinski definition) is 1. The van der Waals surface area contributed by atoms with E-state index in [1.54, 1.807) is 11.3 Å². The van der Waals surface area contributed by atoms with Crippen molar-refractivity contribution >= 4 is 11.3 Å². The van der Waals surface area contributed by atoms with E-state index in [0.717, 1.165) is 31.9 Å². The Balaban J connectivity index is 2.20. The number of hydrogen-bond acceptors (Lipinski definition) is 5. The van der Waals surface area contributed by atoms with Gasteiger partial charge in [-0.15, -0.1) is 11.3 Å². The Kier molecular flexibility index (Phi) is 5.12. The van der Waals surface area contributed by atoms with Crippen molar-refractivity contribution in [3.05, 3.63) is 16.1 Å². The minimum atomic E-state index is 0.209. The molecule has 1 aromatic heterocycles. The predicted molar refractivity (Wildman–Crippen MR) is 75.1 cm³/mol. The number of nitrogens with one attached hydrogen (secondary N) is 1. The van der Waals surface area contributed by atoms with Crippen molar-refractivity contribution < 1.29 is 4.74 Å². The number of morpholine rings is 1. The first kappa shape index (κ1) is 13.9. The summed E-state index contributed by atoms with van der Waals surface area (Å²) in [5, 5.41) is 6.56. The van der Waals surface area contributed by atoms with Crippen molar-refractivity contribution in [2.45, 2.75) is 32.4 Å². The van der Waals surface area contributed by atoms with Crippen LogP contribution in [-0.4, -0.2) is 49.3 Å². The molecule has 0 radical (unpaired) electrons. The topological polar surface area (TPSA) is 37.4 Å². The van der Waals surface area contributed by atoms with Gasteiger partial charge in [0.05, 0.1) is 18.8 Å². The van der Waals surface area contributed by atoms with Crippen LogP contribution in [0.3, 0.4) is 0 Å². The highest BCUT2D eigenvalue weighted by atomic mass is 32.1. The molecule has 102 valence electrons. The van der Waals surface area contributed by atoms with Gasteiger partial charge in [0.15, 0.2) is 0 Å². The number of aromatic nitrogens is 1. The first-order chi connectivity index (χ1) is 8.76. The second kappa shape index (κ2) is 6.61. The molecule has 0 amide bonds. The lowest BCUT2D eigenvalue weighted by Crippen LogP contribution is -2.48. The van der Waals surface area contributed by atoms with E-state index in [1.807, 2.05) is 7.05 Å². The summed E-state index contributed by atoms with van der Waals surface area (Å²) in [5.41, 5.74) is 1.11. The van der Waals surface area contributed by atoms with E-state index < -0.39 is 0 Å². The molecule has 0 aromatic carbocycles. The summed E-state index contributed by atoms with van der Waals surface area (Å²) in [4.78, 5) is 7.19. The Labute approximate surface area is 113 Å². The number of thiazole rings is 1. The Hall–Kier alpha value is -0.490. The molecule has 0 bridgehead atoms. The number of nitrogens with zero attached hydrogens (tertiary/aromatic N) is 2. The highest BCUT2D eigenvalue weighted by Crippen LogP contribution is 2.31. The van der Waals surface area contributed by atoms with Crippen LogP contribution in [-0.2, 0) is 4.74 Å². The molecule has 0 spiro atoms. The third-order valence-electron chi connectivity index (χ3n) is 3.26. The van der Waals surface area contributed by atoms with Gasteiger partial charge in [-0.25, -0.2) is 4.98 Å². The maximum absolute atomic E-state index is 5.93. The standard InChI is InChI=1S/C13H23N3OS/c1-4-5-16-6-7-17-11(8-14-3)12(16)13-15-10(2)9-18-13/h9,11-12,14H,4-8H2,1-3H3. The highest BCUT2D eigenvalue weighted by molar-refractivity contribution is 7.09. The molecule has 1 N–H and O–H groups in total. The van der Waals surface area contributed by atoms with E-state index in [-0.39, 0.29) is 6.10 Å². The molecule has 1 aliphatic rings. The van der Waals surface area contributed by atoms with Crippen LogP contribution in [0.25, 0.3) is 0 Å². The Morgan fingerprint density at radius 2 is 2.44 bits per heavy atom. The predicted octanol–water partition coefficient (Wildman–Crippen LogP) is 1.82. The van der Waals surface area contributed by atoms with Gasteiger partial charge in [0.2, 0.25) is 0 Å². The van der Waals surface area contributed by atoms with Gasteiger partial charge in [-0.1, -0.05) is 6.92 Å². The van der Waals surface area contributed by atoms with Gasteiger partial charge < -0.3 is 10.1 Å². The van der Waals surface area contributed by atoms with Crippen LogP contribution in [0.4, 0.5) is 0 Å². The fraction of sp³-hybridized carbons (Fsp3) is 0.769. The minimum absolute atomic E-state index is 0.209. The minimum Gasteiger partial charge on any atom is -0.373 e. The lowest BCUT2D eigenvalue weighted by atomic mass is 10.1. The van der Waals surface area contributed by atoms with Gasteiger partial charge in [0.1, 0.15) is 5.01 Å². The van der Waals surface area contributed by atoms with Crippen LogP contribution in [0.15, 0.2) is 5.38 Å². The molecule has 0 saturated carbocycles. The van der Waals surface area contributed by atoms with E-state index in [4.69, 9.17) is 4.74 Å². The van der Waals surface area contributed by atoms with Gasteiger partial charge in [0, 0.05) is 24.2 Å². The van der Waals surface area contributed by atoms with Crippen LogP contribution in [0.1, 0.15) is 30.1 Å². The first-order valence-electron chi connectivity index (χ1n) is 6.68. The molecule has 2 unspecified atom stereocenters. The summed E-state index contributed by atoms with van der Waals surface area (Å²) in [5.74, 6) is 0. The van der Waals surface area contributed by atoms with Gasteiger partial charge in [0.25, 0.3) is 0 Å². The number of aryl methyl sites for hydroxylation is 1. The summed E-state index contributed by atoms with van der Waals surface area (Å²) in [6, 6.07) is 0.310. The zero-order valence-corrected chi connectivity index (χ0v) is 12.3. The van der Waals surface area contributed by atoms with E-state index in [2.05, 4.69) is 34.4 Å². The highest BCUT2D eigenvalue weighted by Gasteiger charge is 2.34. The molecule has 1 aromatic rings. The quantitative estimate of drug-likeness (QED) is 0.885. The molecule has 5 heteroatoms. The molecule has 18 heavy (non-hydrogen) atoms. The Morgan fingerprint density at radius 1 is 1.61 bits per heavy atom. The van der Waals surface area contributed by atoms with E-state index >= 15 is 0 Å². The second-order valence-electron chi connectivity index (χ2n) is 4.77. The SMILES string of the molecule is CCCN1CCOC(CNC)C1c1nc(C)cs1. The van der Waals surface area contributed by atoms with Gasteiger partial charge >= 0.3 is 0 Å². The summed E-state index contributed by atoms with van der Waals surface area (Å²) >= 11 is 1.75. The summed E-state index contributed by atoms with van der Waals surface area (Å²) in [7, 11) is 1.98. The molecule has 4 nitrogen and oxygen atoms in total. The number of rotatable bonds is 5. The normalized spacial score (nSPS) is 25.5. The Morgan fingerprint density at radius 3 is 3.06 bits per heavy atom. The zero-order chi connectivity index (χ0) is 13.0. The molecule has 1 fully saturated rings. The van der Waals surface area contributed by atoms with Crippen molar-refractivity contribution in [1.82, 2.24) is 15.2 Å². The smallest absolute Gasteiger partial charge is 0.113 e. The molecule has 1 aliphatic heterocycles. The maximum atomic E-state index is 5.93. The number of likely N-dealkylation sites (N-methyl/N-ethyl adjacent to an activating group) is 1. The first-order valence-corrected chi connectivity index (χ1v) is 7.56.